The average Bonchev–Trinajstić information content (AvgIpc) is 2.78. The third-order valence-corrected chi connectivity index (χ3v) is 4.44. The van der Waals surface area contributed by atoms with Crippen molar-refractivity contribution in [3.8, 4) is 11.3 Å². The quantitative estimate of drug-likeness (QED) is 0.803. The number of rotatable bonds is 3. The van der Waals surface area contributed by atoms with Gasteiger partial charge in [0.25, 0.3) is 0 Å². The maximum absolute atomic E-state index is 13.8. The van der Waals surface area contributed by atoms with Crippen molar-refractivity contribution in [3.63, 3.8) is 0 Å². The molecule has 5 nitrogen and oxygen atoms in total. The van der Waals surface area contributed by atoms with Crippen LogP contribution in [0.5, 0.6) is 0 Å². The summed E-state index contributed by atoms with van der Waals surface area (Å²) < 4.78 is 15.7. The summed E-state index contributed by atoms with van der Waals surface area (Å²) in [7, 11) is 0. The Morgan fingerprint density at radius 2 is 1.96 bits per heavy atom. The van der Waals surface area contributed by atoms with Crippen molar-refractivity contribution in [1.29, 1.82) is 0 Å². The number of pyridine rings is 2. The first-order valence-corrected chi connectivity index (χ1v) is 8.31. The molecule has 0 spiro atoms. The predicted octanol–water partition coefficient (Wildman–Crippen LogP) is 2.33. The Morgan fingerprint density at radius 3 is 2.83 bits per heavy atom. The van der Waals surface area contributed by atoms with Gasteiger partial charge < -0.3 is 5.32 Å². The van der Waals surface area contributed by atoms with Crippen molar-refractivity contribution >= 4 is 5.65 Å². The maximum Gasteiger partial charge on any atom is 0.139 e. The second kappa shape index (κ2) is 6.67. The molecule has 1 saturated heterocycles. The molecular weight excluding hydrogens is 305 g/mol. The normalized spacial score (nSPS) is 16.4. The summed E-state index contributed by atoms with van der Waals surface area (Å²) in [6.45, 7) is 4.80. The van der Waals surface area contributed by atoms with Crippen LogP contribution >= 0.6 is 0 Å². The summed E-state index contributed by atoms with van der Waals surface area (Å²) in [4.78, 5) is 11.2. The van der Waals surface area contributed by atoms with Gasteiger partial charge in [0, 0.05) is 43.8 Å². The molecular formula is C18H20FN5. The van der Waals surface area contributed by atoms with Gasteiger partial charge in [-0.15, -0.1) is 0 Å². The minimum atomic E-state index is -0.250. The second-order valence-electron chi connectivity index (χ2n) is 6.10. The van der Waals surface area contributed by atoms with E-state index in [0.717, 1.165) is 61.7 Å². The molecule has 3 aromatic heterocycles. The molecule has 1 fully saturated rings. The van der Waals surface area contributed by atoms with E-state index in [0.29, 0.717) is 0 Å². The topological polar surface area (TPSA) is 45.5 Å². The standard InChI is InChI=1S/C18H20FN5/c19-15-2-3-17-22-18(14-4-7-21-8-5-14)16(24(17)12-15)13-23-10-1-6-20-9-11-23/h2-5,7-8,12,20H,1,6,9-11,13H2. The van der Waals surface area contributed by atoms with Crippen LogP contribution in [-0.4, -0.2) is 45.4 Å². The molecule has 4 rings (SSSR count). The smallest absolute Gasteiger partial charge is 0.139 e. The lowest BCUT2D eigenvalue weighted by atomic mass is 10.1. The third-order valence-electron chi connectivity index (χ3n) is 4.44. The lowest BCUT2D eigenvalue weighted by molar-refractivity contribution is 0.280. The van der Waals surface area contributed by atoms with Crippen molar-refractivity contribution < 1.29 is 4.39 Å². The maximum atomic E-state index is 13.8. The summed E-state index contributed by atoms with van der Waals surface area (Å²) in [5.74, 6) is -0.250. The number of imidazole rings is 1. The van der Waals surface area contributed by atoms with Crippen LogP contribution in [0.15, 0.2) is 42.9 Å². The van der Waals surface area contributed by atoms with Crippen molar-refractivity contribution in [1.82, 2.24) is 24.6 Å². The van der Waals surface area contributed by atoms with E-state index >= 15 is 0 Å². The molecule has 1 aliphatic heterocycles. The minimum Gasteiger partial charge on any atom is -0.315 e. The van der Waals surface area contributed by atoms with Crippen LogP contribution in [0.25, 0.3) is 16.9 Å². The Balaban J connectivity index is 1.79. The van der Waals surface area contributed by atoms with Gasteiger partial charge in [-0.3, -0.25) is 14.3 Å². The lowest BCUT2D eigenvalue weighted by Crippen LogP contribution is -2.28. The first kappa shape index (κ1) is 15.2. The van der Waals surface area contributed by atoms with Crippen LogP contribution in [0.1, 0.15) is 12.1 Å². The molecule has 0 saturated carbocycles. The zero-order chi connectivity index (χ0) is 16.4. The third kappa shape index (κ3) is 3.02. The van der Waals surface area contributed by atoms with Gasteiger partial charge in [-0.2, -0.15) is 0 Å². The fourth-order valence-corrected chi connectivity index (χ4v) is 3.23. The predicted molar refractivity (Wildman–Crippen MR) is 91.1 cm³/mol. The van der Waals surface area contributed by atoms with Crippen LogP contribution in [-0.2, 0) is 6.54 Å². The summed E-state index contributed by atoms with van der Waals surface area (Å²) in [6, 6.07) is 7.09. The van der Waals surface area contributed by atoms with Gasteiger partial charge in [-0.05, 0) is 43.8 Å². The average molecular weight is 325 g/mol. The Labute approximate surface area is 140 Å². The number of fused-ring (bicyclic) bond motifs is 1. The Kier molecular flexibility index (Phi) is 4.23. The van der Waals surface area contributed by atoms with Crippen molar-refractivity contribution in [2.24, 2.45) is 0 Å². The van der Waals surface area contributed by atoms with Crippen molar-refractivity contribution in [2.45, 2.75) is 13.0 Å². The van der Waals surface area contributed by atoms with E-state index in [1.54, 1.807) is 18.5 Å². The molecule has 0 amide bonds. The van der Waals surface area contributed by atoms with E-state index in [4.69, 9.17) is 4.98 Å². The lowest BCUT2D eigenvalue weighted by Gasteiger charge is -2.20. The number of aromatic nitrogens is 3. The molecule has 0 radical (unpaired) electrons. The van der Waals surface area contributed by atoms with Gasteiger partial charge >= 0.3 is 0 Å². The summed E-state index contributed by atoms with van der Waals surface area (Å²) in [5.41, 5.74) is 3.71. The molecule has 124 valence electrons. The van der Waals surface area contributed by atoms with E-state index in [2.05, 4.69) is 15.2 Å². The Morgan fingerprint density at radius 1 is 1.08 bits per heavy atom. The summed E-state index contributed by atoms with van der Waals surface area (Å²) in [6.07, 6.45) is 6.17. The minimum absolute atomic E-state index is 0.250. The van der Waals surface area contributed by atoms with Gasteiger partial charge in [0.05, 0.1) is 11.4 Å². The molecule has 6 heteroatoms. The number of hydrogen-bond acceptors (Lipinski definition) is 4. The highest BCUT2D eigenvalue weighted by atomic mass is 19.1. The number of nitrogens with one attached hydrogen (secondary N) is 1. The molecule has 0 aliphatic carbocycles. The van der Waals surface area contributed by atoms with Crippen LogP contribution < -0.4 is 5.32 Å². The molecule has 0 aromatic carbocycles. The first-order chi connectivity index (χ1) is 11.8. The molecule has 24 heavy (non-hydrogen) atoms. The number of hydrogen-bond donors (Lipinski definition) is 1. The Bertz CT molecular complexity index is 822. The van der Waals surface area contributed by atoms with Gasteiger partial charge in [-0.25, -0.2) is 9.37 Å². The molecule has 0 unspecified atom stereocenters. The molecule has 0 bridgehead atoms. The largest absolute Gasteiger partial charge is 0.315 e. The van der Waals surface area contributed by atoms with Crippen LogP contribution in [0, 0.1) is 5.82 Å². The highest BCUT2D eigenvalue weighted by molar-refractivity contribution is 5.66. The zero-order valence-corrected chi connectivity index (χ0v) is 13.5. The van der Waals surface area contributed by atoms with E-state index in [1.165, 1.54) is 12.3 Å². The van der Waals surface area contributed by atoms with E-state index in [-0.39, 0.29) is 5.82 Å². The van der Waals surface area contributed by atoms with Gasteiger partial charge in [0.2, 0.25) is 0 Å². The Hall–Kier alpha value is -2.31. The number of nitrogens with zero attached hydrogens (tertiary/aromatic N) is 4. The molecule has 3 aromatic rings. The molecule has 1 aliphatic rings. The van der Waals surface area contributed by atoms with Gasteiger partial charge in [-0.1, -0.05) is 0 Å². The number of halogens is 1. The van der Waals surface area contributed by atoms with Crippen LogP contribution in [0.2, 0.25) is 0 Å². The highest BCUT2D eigenvalue weighted by Crippen LogP contribution is 2.25. The highest BCUT2D eigenvalue weighted by Gasteiger charge is 2.18. The van der Waals surface area contributed by atoms with Crippen molar-refractivity contribution in [3.05, 3.63) is 54.4 Å². The fraction of sp³-hybridized carbons (Fsp3) is 0.333. The second-order valence-corrected chi connectivity index (χ2v) is 6.10. The summed E-state index contributed by atoms with van der Waals surface area (Å²) in [5, 5.41) is 3.42. The molecule has 1 N–H and O–H groups in total. The van der Waals surface area contributed by atoms with E-state index in [1.807, 2.05) is 16.5 Å². The SMILES string of the molecule is Fc1ccc2nc(-c3ccncc3)c(CN3CCCNCC3)n2c1. The van der Waals surface area contributed by atoms with Gasteiger partial charge in [0.1, 0.15) is 11.5 Å². The van der Waals surface area contributed by atoms with Crippen LogP contribution in [0.3, 0.4) is 0 Å². The van der Waals surface area contributed by atoms with Gasteiger partial charge in [0.15, 0.2) is 0 Å². The van der Waals surface area contributed by atoms with E-state index in [9.17, 15) is 4.39 Å². The summed E-state index contributed by atoms with van der Waals surface area (Å²) >= 11 is 0. The van der Waals surface area contributed by atoms with Crippen molar-refractivity contribution in [2.75, 3.05) is 26.2 Å². The first-order valence-electron chi connectivity index (χ1n) is 8.31. The zero-order valence-electron chi connectivity index (χ0n) is 13.5. The fourth-order valence-electron chi connectivity index (χ4n) is 3.23. The molecule has 4 heterocycles. The molecule has 0 atom stereocenters. The van der Waals surface area contributed by atoms with Crippen LogP contribution in [0.4, 0.5) is 4.39 Å². The van der Waals surface area contributed by atoms with E-state index < -0.39 is 0 Å². The monoisotopic (exact) mass is 325 g/mol.